The van der Waals surface area contributed by atoms with Gasteiger partial charge < -0.3 is 14.8 Å². The second-order valence-corrected chi connectivity index (χ2v) is 7.76. The van der Waals surface area contributed by atoms with E-state index >= 15 is 0 Å². The third-order valence-electron chi connectivity index (χ3n) is 5.34. The number of Topliss-reactive ketones (excluding diaryl/α,β-unsaturated/α-hetero) is 1. The van der Waals surface area contributed by atoms with Crippen LogP contribution in [0.5, 0.6) is 11.5 Å². The number of imide groups is 1. The summed E-state index contributed by atoms with van der Waals surface area (Å²) in [5.41, 5.74) is 1.98. The first-order valence-corrected chi connectivity index (χ1v) is 9.40. The van der Waals surface area contributed by atoms with E-state index in [2.05, 4.69) is 5.32 Å². The molecule has 1 N–H and O–H groups in total. The number of hydrogen-bond donors (Lipinski definition) is 1. The number of urea groups is 1. The van der Waals surface area contributed by atoms with Crippen LogP contribution in [-0.4, -0.2) is 41.5 Å². The highest BCUT2D eigenvalue weighted by atomic mass is 16.7. The second kappa shape index (κ2) is 6.92. The Hall–Kier alpha value is -3.35. The van der Waals surface area contributed by atoms with Crippen molar-refractivity contribution in [3.63, 3.8) is 0 Å². The zero-order chi connectivity index (χ0) is 20.8. The number of nitrogens with one attached hydrogen (secondary N) is 1. The van der Waals surface area contributed by atoms with Gasteiger partial charge in [-0.25, -0.2) is 4.79 Å². The molecule has 7 heteroatoms. The smallest absolute Gasteiger partial charge is 0.325 e. The highest BCUT2D eigenvalue weighted by Crippen LogP contribution is 2.34. The van der Waals surface area contributed by atoms with Crippen molar-refractivity contribution in [2.75, 3.05) is 13.3 Å². The average Bonchev–Trinajstić information content (AvgIpc) is 3.21. The summed E-state index contributed by atoms with van der Waals surface area (Å²) in [5.74, 6) is 0.590. The second-order valence-electron chi connectivity index (χ2n) is 7.76. The van der Waals surface area contributed by atoms with Gasteiger partial charge in [-0.3, -0.25) is 14.5 Å². The number of benzene rings is 2. The van der Waals surface area contributed by atoms with Crippen molar-refractivity contribution >= 4 is 17.7 Å². The van der Waals surface area contributed by atoms with Crippen LogP contribution in [0.25, 0.3) is 0 Å². The van der Waals surface area contributed by atoms with Crippen molar-refractivity contribution in [1.29, 1.82) is 0 Å². The lowest BCUT2D eigenvalue weighted by Gasteiger charge is -2.22. The maximum atomic E-state index is 13.0. The van der Waals surface area contributed by atoms with Crippen LogP contribution in [0.15, 0.2) is 36.4 Å². The molecule has 2 aliphatic rings. The molecule has 150 valence electrons. The Balaban J connectivity index is 1.52. The van der Waals surface area contributed by atoms with Crippen LogP contribution < -0.4 is 14.8 Å². The molecule has 0 aliphatic carbocycles. The summed E-state index contributed by atoms with van der Waals surface area (Å²) in [7, 11) is 0. The molecule has 0 radical (unpaired) electrons. The van der Waals surface area contributed by atoms with E-state index in [0.717, 1.165) is 21.6 Å². The normalized spacial score (nSPS) is 20.2. The number of carbonyl (C=O) groups excluding carboxylic acids is 3. The molecule has 29 heavy (non-hydrogen) atoms. The third-order valence-corrected chi connectivity index (χ3v) is 5.34. The highest BCUT2D eigenvalue weighted by Gasteiger charge is 2.48. The van der Waals surface area contributed by atoms with E-state index in [0.29, 0.717) is 17.1 Å². The molecule has 7 nitrogen and oxygen atoms in total. The Morgan fingerprint density at radius 1 is 1.10 bits per heavy atom. The van der Waals surface area contributed by atoms with Crippen molar-refractivity contribution in [2.45, 2.75) is 32.7 Å². The summed E-state index contributed by atoms with van der Waals surface area (Å²) in [6.07, 6.45) is 0.280. The van der Waals surface area contributed by atoms with Crippen LogP contribution in [0.3, 0.4) is 0 Å². The Morgan fingerprint density at radius 2 is 1.86 bits per heavy atom. The van der Waals surface area contributed by atoms with Gasteiger partial charge in [-0.2, -0.15) is 0 Å². The number of aryl methyl sites for hydroxylation is 2. The number of hydrogen-bond acceptors (Lipinski definition) is 5. The molecule has 0 unspecified atom stereocenters. The molecule has 0 spiro atoms. The fraction of sp³-hybridized carbons (Fsp3) is 0.318. The predicted molar refractivity (Wildman–Crippen MR) is 105 cm³/mol. The van der Waals surface area contributed by atoms with Crippen molar-refractivity contribution in [2.24, 2.45) is 0 Å². The lowest BCUT2D eigenvalue weighted by Crippen LogP contribution is -2.46. The van der Waals surface area contributed by atoms with Gasteiger partial charge in [0.2, 0.25) is 6.79 Å². The van der Waals surface area contributed by atoms with Crippen LogP contribution in [0.4, 0.5) is 4.79 Å². The Kier molecular flexibility index (Phi) is 4.53. The molecule has 2 heterocycles. The summed E-state index contributed by atoms with van der Waals surface area (Å²) >= 11 is 0. The minimum atomic E-state index is -1.13. The standard InChI is InChI=1S/C22H22N2O5/c1-13-4-5-14(2)16(8-13)17(25)11-24-20(26)22(3,23-21(24)27)10-15-6-7-18-19(9-15)29-12-28-18/h4-9H,10-12H2,1-3H3,(H,23,27)/t22-/m0/s1. The molecule has 4 rings (SSSR count). The molecule has 2 aliphatic heterocycles. The van der Waals surface area contributed by atoms with Crippen molar-refractivity contribution in [1.82, 2.24) is 10.2 Å². The molecule has 1 saturated heterocycles. The molecule has 2 aromatic carbocycles. The zero-order valence-electron chi connectivity index (χ0n) is 16.6. The monoisotopic (exact) mass is 394 g/mol. The molecule has 3 amide bonds. The SMILES string of the molecule is Cc1ccc(C)c(C(=O)CN2C(=O)N[C@@](C)(Cc3ccc4c(c3)OCO4)C2=O)c1. The zero-order valence-corrected chi connectivity index (χ0v) is 16.6. The third kappa shape index (κ3) is 3.44. The van der Waals surface area contributed by atoms with Crippen LogP contribution >= 0.6 is 0 Å². The number of fused-ring (bicyclic) bond motifs is 1. The lowest BCUT2D eigenvalue weighted by molar-refractivity contribution is -0.130. The van der Waals surface area contributed by atoms with E-state index in [1.807, 2.05) is 32.0 Å². The van der Waals surface area contributed by atoms with Gasteiger partial charge in [0.15, 0.2) is 17.3 Å². The fourth-order valence-electron chi connectivity index (χ4n) is 3.73. The number of rotatable bonds is 5. The summed E-state index contributed by atoms with van der Waals surface area (Å²) in [5, 5.41) is 2.74. The predicted octanol–water partition coefficient (Wildman–Crippen LogP) is 2.77. The van der Waals surface area contributed by atoms with Gasteiger partial charge in [0.1, 0.15) is 5.54 Å². The number of carbonyl (C=O) groups is 3. The Morgan fingerprint density at radius 3 is 2.66 bits per heavy atom. The molecule has 1 atom stereocenters. The molecule has 1 fully saturated rings. The summed E-state index contributed by atoms with van der Waals surface area (Å²) in [4.78, 5) is 39.3. The summed E-state index contributed by atoms with van der Waals surface area (Å²) in [6, 6.07) is 10.4. The Bertz CT molecular complexity index is 1030. The molecular weight excluding hydrogens is 372 g/mol. The Labute approximate surface area is 168 Å². The highest BCUT2D eigenvalue weighted by molar-refractivity contribution is 6.11. The van der Waals surface area contributed by atoms with E-state index in [9.17, 15) is 14.4 Å². The van der Waals surface area contributed by atoms with Gasteiger partial charge in [-0.05, 0) is 50.1 Å². The summed E-state index contributed by atoms with van der Waals surface area (Å²) in [6.45, 7) is 5.28. The van der Waals surface area contributed by atoms with Crippen LogP contribution in [0, 0.1) is 13.8 Å². The molecular formula is C22H22N2O5. The maximum absolute atomic E-state index is 13.0. The van der Waals surface area contributed by atoms with Crippen molar-refractivity contribution < 1.29 is 23.9 Å². The largest absolute Gasteiger partial charge is 0.454 e. The van der Waals surface area contributed by atoms with E-state index in [-0.39, 0.29) is 25.5 Å². The van der Waals surface area contributed by atoms with Gasteiger partial charge >= 0.3 is 6.03 Å². The van der Waals surface area contributed by atoms with Crippen molar-refractivity contribution in [3.05, 3.63) is 58.7 Å². The van der Waals surface area contributed by atoms with Crippen LogP contribution in [-0.2, 0) is 11.2 Å². The first-order valence-electron chi connectivity index (χ1n) is 9.40. The van der Waals surface area contributed by atoms with Gasteiger partial charge in [0.05, 0.1) is 6.54 Å². The molecule has 0 aromatic heterocycles. The molecule has 2 aromatic rings. The lowest BCUT2D eigenvalue weighted by atomic mass is 9.92. The average molecular weight is 394 g/mol. The topological polar surface area (TPSA) is 84.9 Å². The number of ether oxygens (including phenoxy) is 2. The van der Waals surface area contributed by atoms with E-state index in [1.54, 1.807) is 25.1 Å². The van der Waals surface area contributed by atoms with Crippen LogP contribution in [0.2, 0.25) is 0 Å². The number of nitrogens with zero attached hydrogens (tertiary/aromatic N) is 1. The van der Waals surface area contributed by atoms with Gasteiger partial charge in [-0.15, -0.1) is 0 Å². The summed E-state index contributed by atoms with van der Waals surface area (Å²) < 4.78 is 10.7. The first-order chi connectivity index (χ1) is 13.8. The van der Waals surface area contributed by atoms with E-state index in [1.165, 1.54) is 0 Å². The van der Waals surface area contributed by atoms with E-state index < -0.39 is 17.5 Å². The number of ketones is 1. The van der Waals surface area contributed by atoms with Gasteiger partial charge in [0, 0.05) is 12.0 Å². The molecule has 0 bridgehead atoms. The number of amides is 3. The first kappa shape index (κ1) is 19.0. The quantitative estimate of drug-likeness (QED) is 0.623. The fourth-order valence-corrected chi connectivity index (χ4v) is 3.73. The minimum absolute atomic E-state index is 0.167. The van der Waals surface area contributed by atoms with Gasteiger partial charge in [-0.1, -0.05) is 23.8 Å². The minimum Gasteiger partial charge on any atom is -0.454 e. The van der Waals surface area contributed by atoms with Crippen molar-refractivity contribution in [3.8, 4) is 11.5 Å². The van der Waals surface area contributed by atoms with Crippen LogP contribution in [0.1, 0.15) is 34.0 Å². The molecule has 0 saturated carbocycles. The maximum Gasteiger partial charge on any atom is 0.325 e. The van der Waals surface area contributed by atoms with Gasteiger partial charge in [0.25, 0.3) is 5.91 Å². The van der Waals surface area contributed by atoms with E-state index in [4.69, 9.17) is 9.47 Å².